The van der Waals surface area contributed by atoms with E-state index in [2.05, 4.69) is 5.16 Å². The SMILES string of the molecule is COc1ccsc1C(=O)N(C)CC/C(N)=N/O. The second-order valence-corrected chi connectivity index (χ2v) is 4.30. The first-order valence-corrected chi connectivity index (χ1v) is 5.81. The number of amidine groups is 1. The summed E-state index contributed by atoms with van der Waals surface area (Å²) >= 11 is 1.32. The summed E-state index contributed by atoms with van der Waals surface area (Å²) < 4.78 is 5.08. The molecule has 1 aromatic rings. The topological polar surface area (TPSA) is 88.2 Å². The first kappa shape index (κ1) is 13.3. The van der Waals surface area contributed by atoms with E-state index in [9.17, 15) is 4.79 Å². The number of carbonyl (C=O) groups excluding carboxylic acids is 1. The van der Waals surface area contributed by atoms with Crippen molar-refractivity contribution in [1.29, 1.82) is 0 Å². The molecule has 0 saturated carbocycles. The number of amides is 1. The van der Waals surface area contributed by atoms with Crippen LogP contribution in [0.5, 0.6) is 5.75 Å². The van der Waals surface area contributed by atoms with Gasteiger partial charge in [-0.05, 0) is 11.4 Å². The van der Waals surface area contributed by atoms with Gasteiger partial charge in [-0.1, -0.05) is 5.16 Å². The minimum atomic E-state index is -0.136. The van der Waals surface area contributed by atoms with Crippen molar-refractivity contribution in [3.8, 4) is 5.75 Å². The highest BCUT2D eigenvalue weighted by molar-refractivity contribution is 7.12. The predicted octanol–water partition coefficient (Wildman–Crippen LogP) is 0.965. The van der Waals surface area contributed by atoms with Crippen molar-refractivity contribution in [3.63, 3.8) is 0 Å². The van der Waals surface area contributed by atoms with Crippen molar-refractivity contribution >= 4 is 23.1 Å². The van der Waals surface area contributed by atoms with E-state index in [1.807, 2.05) is 0 Å². The average molecular weight is 257 g/mol. The number of rotatable bonds is 5. The Morgan fingerprint density at radius 3 is 3.00 bits per heavy atom. The molecule has 0 unspecified atom stereocenters. The second-order valence-electron chi connectivity index (χ2n) is 3.39. The largest absolute Gasteiger partial charge is 0.495 e. The summed E-state index contributed by atoms with van der Waals surface area (Å²) in [6, 6.07) is 1.75. The molecule has 17 heavy (non-hydrogen) atoms. The zero-order valence-electron chi connectivity index (χ0n) is 9.71. The Hall–Kier alpha value is -1.76. The van der Waals surface area contributed by atoms with Crippen LogP contribution >= 0.6 is 11.3 Å². The van der Waals surface area contributed by atoms with E-state index in [-0.39, 0.29) is 11.7 Å². The molecule has 6 nitrogen and oxygen atoms in total. The molecule has 0 saturated heterocycles. The molecule has 1 aromatic heterocycles. The lowest BCUT2D eigenvalue weighted by Gasteiger charge is -2.16. The third-order valence-corrected chi connectivity index (χ3v) is 3.11. The number of hydrogen-bond acceptors (Lipinski definition) is 5. The predicted molar refractivity (Wildman–Crippen MR) is 65.9 cm³/mol. The molecule has 0 atom stereocenters. The molecule has 0 bridgehead atoms. The van der Waals surface area contributed by atoms with Gasteiger partial charge in [0.05, 0.1) is 7.11 Å². The molecule has 0 fully saturated rings. The van der Waals surface area contributed by atoms with E-state index >= 15 is 0 Å². The molecular weight excluding hydrogens is 242 g/mol. The van der Waals surface area contributed by atoms with Gasteiger partial charge in [0.2, 0.25) is 0 Å². The quantitative estimate of drug-likeness (QED) is 0.356. The van der Waals surface area contributed by atoms with Gasteiger partial charge in [0, 0.05) is 20.0 Å². The van der Waals surface area contributed by atoms with Crippen molar-refractivity contribution in [1.82, 2.24) is 4.90 Å². The molecule has 0 aliphatic carbocycles. The zero-order chi connectivity index (χ0) is 12.8. The van der Waals surface area contributed by atoms with Crippen LogP contribution in [-0.4, -0.2) is 42.6 Å². The minimum Gasteiger partial charge on any atom is -0.495 e. The smallest absolute Gasteiger partial charge is 0.267 e. The van der Waals surface area contributed by atoms with E-state index in [1.54, 1.807) is 18.5 Å². The molecule has 3 N–H and O–H groups in total. The number of hydrogen-bond donors (Lipinski definition) is 2. The van der Waals surface area contributed by atoms with Crippen LogP contribution in [0.2, 0.25) is 0 Å². The average Bonchev–Trinajstić information content (AvgIpc) is 2.82. The molecule has 1 rings (SSSR count). The Morgan fingerprint density at radius 1 is 1.71 bits per heavy atom. The van der Waals surface area contributed by atoms with Crippen LogP contribution in [-0.2, 0) is 0 Å². The van der Waals surface area contributed by atoms with Crippen molar-refractivity contribution in [3.05, 3.63) is 16.3 Å². The van der Waals surface area contributed by atoms with Gasteiger partial charge in [0.1, 0.15) is 16.5 Å². The highest BCUT2D eigenvalue weighted by atomic mass is 32.1. The summed E-state index contributed by atoms with van der Waals surface area (Å²) in [5.74, 6) is 0.529. The first-order valence-electron chi connectivity index (χ1n) is 4.93. The lowest BCUT2D eigenvalue weighted by atomic mass is 10.3. The maximum Gasteiger partial charge on any atom is 0.267 e. The van der Waals surface area contributed by atoms with Gasteiger partial charge >= 0.3 is 0 Å². The maximum atomic E-state index is 12.0. The van der Waals surface area contributed by atoms with Gasteiger partial charge < -0.3 is 20.6 Å². The molecule has 0 radical (unpaired) electrons. The van der Waals surface area contributed by atoms with Gasteiger partial charge in [-0.3, -0.25) is 4.79 Å². The summed E-state index contributed by atoms with van der Waals surface area (Å²) in [4.78, 5) is 14.1. The van der Waals surface area contributed by atoms with Crippen LogP contribution in [0.25, 0.3) is 0 Å². The fourth-order valence-corrected chi connectivity index (χ4v) is 2.07. The third-order valence-electron chi connectivity index (χ3n) is 2.22. The molecule has 0 aliphatic heterocycles. The number of oxime groups is 1. The molecule has 1 amide bonds. The van der Waals surface area contributed by atoms with Crippen LogP contribution < -0.4 is 10.5 Å². The van der Waals surface area contributed by atoms with E-state index < -0.39 is 0 Å². The molecular formula is C10H15N3O3S. The number of nitrogens with zero attached hydrogens (tertiary/aromatic N) is 2. The highest BCUT2D eigenvalue weighted by Crippen LogP contribution is 2.25. The van der Waals surface area contributed by atoms with E-state index in [0.29, 0.717) is 23.6 Å². The molecule has 0 aliphatic rings. The van der Waals surface area contributed by atoms with Gasteiger partial charge in [0.15, 0.2) is 0 Å². The number of thiophene rings is 1. The normalized spacial score (nSPS) is 11.3. The molecule has 94 valence electrons. The van der Waals surface area contributed by atoms with Crippen LogP contribution in [0.15, 0.2) is 16.6 Å². The fraction of sp³-hybridized carbons (Fsp3) is 0.400. The van der Waals surface area contributed by atoms with Crippen molar-refractivity contribution < 1.29 is 14.7 Å². The monoisotopic (exact) mass is 257 g/mol. The Kier molecular flexibility index (Phi) is 4.77. The van der Waals surface area contributed by atoms with Crippen molar-refractivity contribution in [2.75, 3.05) is 20.7 Å². The first-order chi connectivity index (χ1) is 8.10. The molecule has 0 spiro atoms. The zero-order valence-corrected chi connectivity index (χ0v) is 10.5. The Bertz CT molecular complexity index is 417. The van der Waals surface area contributed by atoms with Gasteiger partial charge in [-0.25, -0.2) is 0 Å². The van der Waals surface area contributed by atoms with Crippen LogP contribution in [0.1, 0.15) is 16.1 Å². The molecule has 7 heteroatoms. The van der Waals surface area contributed by atoms with Crippen LogP contribution in [0.4, 0.5) is 0 Å². The van der Waals surface area contributed by atoms with Crippen LogP contribution in [0, 0.1) is 0 Å². The summed E-state index contributed by atoms with van der Waals surface area (Å²) in [5.41, 5.74) is 5.34. The van der Waals surface area contributed by atoms with Crippen molar-refractivity contribution in [2.24, 2.45) is 10.9 Å². The van der Waals surface area contributed by atoms with Gasteiger partial charge in [0.25, 0.3) is 5.91 Å². The van der Waals surface area contributed by atoms with Gasteiger partial charge in [-0.2, -0.15) is 0 Å². The van der Waals surface area contributed by atoms with E-state index in [0.717, 1.165) is 0 Å². The van der Waals surface area contributed by atoms with Crippen LogP contribution in [0.3, 0.4) is 0 Å². The summed E-state index contributed by atoms with van der Waals surface area (Å²) in [6.07, 6.45) is 0.326. The Labute approximate surface area is 103 Å². The Morgan fingerprint density at radius 2 is 2.41 bits per heavy atom. The third kappa shape index (κ3) is 3.35. The number of ether oxygens (including phenoxy) is 1. The van der Waals surface area contributed by atoms with E-state index in [1.165, 1.54) is 23.3 Å². The van der Waals surface area contributed by atoms with Gasteiger partial charge in [-0.15, -0.1) is 11.3 Å². The summed E-state index contributed by atoms with van der Waals surface area (Å²) in [5, 5.41) is 13.0. The number of nitrogens with two attached hydrogens (primary N) is 1. The van der Waals surface area contributed by atoms with E-state index in [4.69, 9.17) is 15.7 Å². The number of methoxy groups -OCH3 is 1. The minimum absolute atomic E-state index is 0.0998. The molecule has 0 aromatic carbocycles. The molecule has 1 heterocycles. The maximum absolute atomic E-state index is 12.0. The van der Waals surface area contributed by atoms with Crippen molar-refractivity contribution in [2.45, 2.75) is 6.42 Å². The fourth-order valence-electron chi connectivity index (χ4n) is 1.22. The standard InChI is InChI=1S/C10H15N3O3S/c1-13(5-3-8(11)12-15)10(14)9-7(16-2)4-6-17-9/h4,6,15H,3,5H2,1-2H3,(H2,11,12). The second kappa shape index (κ2) is 6.09. The lowest BCUT2D eigenvalue weighted by Crippen LogP contribution is -2.30. The summed E-state index contributed by atoms with van der Waals surface area (Å²) in [6.45, 7) is 0.385. The highest BCUT2D eigenvalue weighted by Gasteiger charge is 2.17. The summed E-state index contributed by atoms with van der Waals surface area (Å²) in [7, 11) is 3.18. The Balaban J connectivity index is 2.64. The number of carbonyl (C=O) groups is 1. The lowest BCUT2D eigenvalue weighted by molar-refractivity contribution is 0.0800.